The van der Waals surface area contributed by atoms with Crippen LogP contribution in [-0.2, 0) is 14.3 Å². The van der Waals surface area contributed by atoms with Crippen molar-refractivity contribution < 1.29 is 19.1 Å². The second-order valence-electron chi connectivity index (χ2n) is 7.42. The molecule has 7 nitrogen and oxygen atoms in total. The number of nitrogens with zero attached hydrogens (tertiary/aromatic N) is 1. The number of thiazole rings is 1. The van der Waals surface area contributed by atoms with Crippen LogP contribution in [0, 0.1) is 5.92 Å². The molecule has 2 aromatic rings. The molecule has 1 aromatic carbocycles. The number of hydrogen-bond donors (Lipinski definition) is 2. The van der Waals surface area contributed by atoms with Crippen LogP contribution < -0.4 is 10.6 Å². The number of fused-ring (bicyclic) bond motifs is 1. The van der Waals surface area contributed by atoms with Crippen molar-refractivity contribution in [2.45, 2.75) is 50.5 Å². The molecule has 2 N–H and O–H groups in total. The fraction of sp³-hybridized carbons (Fsp3) is 0.500. The maximum Gasteiger partial charge on any atom is 0.321 e. The van der Waals surface area contributed by atoms with Crippen LogP contribution in [0.1, 0.15) is 49.5 Å². The number of carbonyl (C=O) groups excluding carboxylic acids is 3. The number of urea groups is 1. The Labute approximate surface area is 166 Å². The number of para-hydroxylation sites is 1. The lowest BCUT2D eigenvalue weighted by Gasteiger charge is -2.28. The summed E-state index contributed by atoms with van der Waals surface area (Å²) in [5, 5.41) is 5.81. The van der Waals surface area contributed by atoms with E-state index in [1.807, 2.05) is 24.3 Å². The molecule has 28 heavy (non-hydrogen) atoms. The van der Waals surface area contributed by atoms with Gasteiger partial charge in [0.25, 0.3) is 5.91 Å². The van der Waals surface area contributed by atoms with Gasteiger partial charge in [-0.1, -0.05) is 25.0 Å². The number of imide groups is 1. The smallest absolute Gasteiger partial charge is 0.321 e. The molecule has 8 heteroatoms. The molecule has 0 unspecified atom stereocenters. The van der Waals surface area contributed by atoms with Crippen molar-refractivity contribution in [3.8, 4) is 0 Å². The molecule has 2 aliphatic rings. The predicted molar refractivity (Wildman–Crippen MR) is 105 cm³/mol. The molecule has 2 fully saturated rings. The van der Waals surface area contributed by atoms with E-state index in [0.29, 0.717) is 0 Å². The molecule has 1 heterocycles. The van der Waals surface area contributed by atoms with E-state index >= 15 is 0 Å². The van der Waals surface area contributed by atoms with Crippen LogP contribution in [0.4, 0.5) is 4.79 Å². The molecule has 0 saturated heterocycles. The van der Waals surface area contributed by atoms with Crippen molar-refractivity contribution in [1.29, 1.82) is 0 Å². The molecule has 3 amide bonds. The van der Waals surface area contributed by atoms with Gasteiger partial charge in [-0.3, -0.25) is 14.9 Å². The van der Waals surface area contributed by atoms with Crippen molar-refractivity contribution in [3.63, 3.8) is 0 Å². The van der Waals surface area contributed by atoms with E-state index in [2.05, 4.69) is 10.6 Å². The average Bonchev–Trinajstić information content (AvgIpc) is 3.40. The lowest BCUT2D eigenvalue weighted by Crippen LogP contribution is -2.42. The summed E-state index contributed by atoms with van der Waals surface area (Å²) in [6, 6.07) is 7.57. The molecule has 0 bridgehead atoms. The molecule has 2 atom stereocenters. The normalized spacial score (nSPS) is 21.9. The van der Waals surface area contributed by atoms with Crippen molar-refractivity contribution >= 4 is 39.5 Å². The van der Waals surface area contributed by atoms with Gasteiger partial charge in [-0.05, 0) is 37.8 Å². The third-order valence-corrected chi connectivity index (χ3v) is 6.38. The van der Waals surface area contributed by atoms with E-state index in [-0.39, 0.29) is 23.8 Å². The molecule has 1 aromatic heterocycles. The van der Waals surface area contributed by atoms with E-state index in [9.17, 15) is 14.4 Å². The van der Waals surface area contributed by atoms with Crippen LogP contribution in [0.15, 0.2) is 24.3 Å². The van der Waals surface area contributed by atoms with Gasteiger partial charge < -0.3 is 10.1 Å². The summed E-state index contributed by atoms with van der Waals surface area (Å²) < 4.78 is 6.34. The van der Waals surface area contributed by atoms with Crippen LogP contribution in [0.2, 0.25) is 0 Å². The summed E-state index contributed by atoms with van der Waals surface area (Å²) >= 11 is 1.62. The quantitative estimate of drug-likeness (QED) is 0.751. The van der Waals surface area contributed by atoms with Crippen molar-refractivity contribution in [1.82, 2.24) is 15.6 Å². The zero-order valence-electron chi connectivity index (χ0n) is 15.5. The Hall–Kier alpha value is -2.48. The van der Waals surface area contributed by atoms with Crippen LogP contribution in [0.3, 0.4) is 0 Å². The predicted octanol–water partition coefficient (Wildman–Crippen LogP) is 3.10. The zero-order valence-corrected chi connectivity index (χ0v) is 16.3. The van der Waals surface area contributed by atoms with Gasteiger partial charge in [0.05, 0.1) is 21.1 Å². The number of hydrogen-bond acceptors (Lipinski definition) is 6. The minimum absolute atomic E-state index is 0.0138. The summed E-state index contributed by atoms with van der Waals surface area (Å²) in [4.78, 5) is 40.8. The number of carbonyl (C=O) groups is 3. The number of rotatable bonds is 5. The molecular weight excluding hydrogens is 378 g/mol. The van der Waals surface area contributed by atoms with Crippen LogP contribution in [-0.4, -0.2) is 35.5 Å². The minimum atomic E-state index is -0.612. The molecule has 2 saturated carbocycles. The summed E-state index contributed by atoms with van der Waals surface area (Å²) in [6.07, 6.45) is 5.49. The number of nitrogens with one attached hydrogen (secondary N) is 2. The Balaban J connectivity index is 1.36. The fourth-order valence-corrected chi connectivity index (χ4v) is 4.78. The third kappa shape index (κ3) is 4.49. The Kier molecular flexibility index (Phi) is 5.57. The SMILES string of the molecule is O=C(COC(=O)[C@H]1CCCC[C@H]1c1nc2ccccc2s1)NC(=O)NC1CC1. The van der Waals surface area contributed by atoms with Crippen molar-refractivity contribution in [2.24, 2.45) is 5.92 Å². The van der Waals surface area contributed by atoms with Crippen LogP contribution in [0.5, 0.6) is 0 Å². The van der Waals surface area contributed by atoms with E-state index in [1.54, 1.807) is 11.3 Å². The fourth-order valence-electron chi connectivity index (χ4n) is 3.61. The largest absolute Gasteiger partial charge is 0.455 e. The first-order chi connectivity index (χ1) is 13.6. The molecular formula is C20H23N3O4S. The van der Waals surface area contributed by atoms with Gasteiger partial charge >= 0.3 is 12.0 Å². The topological polar surface area (TPSA) is 97.4 Å². The number of ether oxygens (including phenoxy) is 1. The standard InChI is InChI=1S/C20H23N3O4S/c24-17(23-20(26)21-12-9-10-12)11-27-19(25)14-6-2-1-5-13(14)18-22-15-7-3-4-8-16(15)28-18/h3-4,7-8,12-14H,1-2,5-6,9-11H2,(H2,21,23,24,26)/t13-,14+/m1/s1. The highest BCUT2D eigenvalue weighted by Gasteiger charge is 2.35. The number of aromatic nitrogens is 1. The summed E-state index contributed by atoms with van der Waals surface area (Å²) in [7, 11) is 0. The van der Waals surface area contributed by atoms with Gasteiger partial charge in [-0.2, -0.15) is 0 Å². The highest BCUT2D eigenvalue weighted by Crippen LogP contribution is 2.41. The lowest BCUT2D eigenvalue weighted by atomic mass is 9.79. The van der Waals surface area contributed by atoms with Gasteiger partial charge in [0, 0.05) is 12.0 Å². The first-order valence-corrected chi connectivity index (χ1v) is 10.5. The average molecular weight is 401 g/mol. The summed E-state index contributed by atoms with van der Waals surface area (Å²) in [5.74, 6) is -1.29. The maximum atomic E-state index is 12.6. The number of benzene rings is 1. The van der Waals surface area contributed by atoms with E-state index in [4.69, 9.17) is 9.72 Å². The van der Waals surface area contributed by atoms with Crippen LogP contribution in [0.25, 0.3) is 10.2 Å². The second kappa shape index (κ2) is 8.26. The first-order valence-electron chi connectivity index (χ1n) is 9.72. The molecule has 0 radical (unpaired) electrons. The minimum Gasteiger partial charge on any atom is -0.455 e. The molecule has 2 aliphatic carbocycles. The molecule has 0 spiro atoms. The Morgan fingerprint density at radius 3 is 2.68 bits per heavy atom. The highest BCUT2D eigenvalue weighted by atomic mass is 32.1. The van der Waals surface area contributed by atoms with Crippen molar-refractivity contribution in [2.75, 3.05) is 6.61 Å². The molecule has 148 valence electrons. The number of esters is 1. The van der Waals surface area contributed by atoms with Gasteiger partial charge in [-0.25, -0.2) is 9.78 Å². The van der Waals surface area contributed by atoms with Gasteiger partial charge in [-0.15, -0.1) is 11.3 Å². The molecule has 4 rings (SSSR count). The highest BCUT2D eigenvalue weighted by molar-refractivity contribution is 7.18. The van der Waals surface area contributed by atoms with E-state index in [0.717, 1.165) is 53.7 Å². The van der Waals surface area contributed by atoms with Gasteiger partial charge in [0.1, 0.15) is 0 Å². The van der Waals surface area contributed by atoms with Gasteiger partial charge in [0.2, 0.25) is 0 Å². The van der Waals surface area contributed by atoms with E-state index in [1.165, 1.54) is 0 Å². The monoisotopic (exact) mass is 401 g/mol. The second-order valence-corrected chi connectivity index (χ2v) is 8.48. The lowest BCUT2D eigenvalue weighted by molar-refractivity contribution is -0.154. The third-order valence-electron chi connectivity index (χ3n) is 5.21. The Morgan fingerprint density at radius 1 is 1.11 bits per heavy atom. The Morgan fingerprint density at radius 2 is 1.89 bits per heavy atom. The summed E-state index contributed by atoms with van der Waals surface area (Å²) in [5.41, 5.74) is 0.946. The van der Waals surface area contributed by atoms with Crippen LogP contribution >= 0.6 is 11.3 Å². The number of amides is 3. The molecule has 0 aliphatic heterocycles. The van der Waals surface area contributed by atoms with E-state index < -0.39 is 18.5 Å². The van der Waals surface area contributed by atoms with Gasteiger partial charge in [0.15, 0.2) is 6.61 Å². The van der Waals surface area contributed by atoms with Crippen molar-refractivity contribution in [3.05, 3.63) is 29.3 Å². The summed E-state index contributed by atoms with van der Waals surface area (Å²) in [6.45, 7) is -0.444. The maximum absolute atomic E-state index is 12.6. The zero-order chi connectivity index (χ0) is 19.5. The first kappa shape index (κ1) is 18.9. The Bertz CT molecular complexity index is 859.